The molecule has 0 aliphatic carbocycles. The third kappa shape index (κ3) is 6.09. The van der Waals surface area contributed by atoms with Gasteiger partial charge < -0.3 is 14.4 Å². The van der Waals surface area contributed by atoms with Gasteiger partial charge in [0, 0.05) is 17.0 Å². The van der Waals surface area contributed by atoms with Gasteiger partial charge in [-0.25, -0.2) is 9.18 Å². The number of nitrogens with one attached hydrogen (secondary N) is 1. The summed E-state index contributed by atoms with van der Waals surface area (Å²) in [5.41, 5.74) is 4.53. The van der Waals surface area contributed by atoms with E-state index in [1.165, 1.54) is 6.07 Å². The molecule has 0 saturated heterocycles. The van der Waals surface area contributed by atoms with Crippen molar-refractivity contribution in [2.75, 3.05) is 11.9 Å². The molecule has 0 saturated carbocycles. The first-order chi connectivity index (χ1) is 17.3. The van der Waals surface area contributed by atoms with Crippen LogP contribution in [0.5, 0.6) is 0 Å². The summed E-state index contributed by atoms with van der Waals surface area (Å²) in [5.74, 6) is -0.925. The molecule has 0 fully saturated rings. The van der Waals surface area contributed by atoms with E-state index in [-0.39, 0.29) is 19.4 Å². The number of hydrogen-bond acceptors (Lipinski definition) is 5. The first-order valence-electron chi connectivity index (χ1n) is 11.1. The summed E-state index contributed by atoms with van der Waals surface area (Å²) < 4.78 is 24.4. The average molecular weight is 509 g/mol. The van der Waals surface area contributed by atoms with E-state index in [0.29, 0.717) is 27.7 Å². The first kappa shape index (κ1) is 24.9. The number of benzene rings is 3. The van der Waals surface area contributed by atoms with Crippen molar-refractivity contribution in [3.8, 4) is 22.4 Å². The molecule has 4 aromatic rings. The normalized spacial score (nSPS) is 10.8. The van der Waals surface area contributed by atoms with E-state index in [4.69, 9.17) is 26.0 Å². The third-order valence-corrected chi connectivity index (χ3v) is 5.75. The molecule has 1 amide bonds. The van der Waals surface area contributed by atoms with Crippen LogP contribution >= 0.6 is 11.6 Å². The minimum Gasteiger partial charge on any atom is -0.481 e. The molecular formula is C27H22ClFN2O5. The van der Waals surface area contributed by atoms with Crippen LogP contribution in [0.15, 0.2) is 71.3 Å². The fraction of sp³-hybridized carbons (Fsp3) is 0.148. The van der Waals surface area contributed by atoms with Crippen molar-refractivity contribution in [1.82, 2.24) is 5.16 Å². The molecule has 0 spiro atoms. The number of carboxylic acids is 1. The second kappa shape index (κ2) is 11.0. The predicted molar refractivity (Wildman–Crippen MR) is 134 cm³/mol. The van der Waals surface area contributed by atoms with Gasteiger partial charge in [0.25, 0.3) is 0 Å². The van der Waals surface area contributed by atoms with Crippen LogP contribution in [0.25, 0.3) is 22.4 Å². The smallest absolute Gasteiger partial charge is 0.411 e. The summed E-state index contributed by atoms with van der Waals surface area (Å²) in [6.45, 7) is 1.65. The Balaban J connectivity index is 1.40. The quantitative estimate of drug-likeness (QED) is 0.280. The van der Waals surface area contributed by atoms with Gasteiger partial charge >= 0.3 is 12.1 Å². The van der Waals surface area contributed by atoms with Crippen molar-refractivity contribution in [3.05, 3.63) is 94.5 Å². The monoisotopic (exact) mass is 508 g/mol. The number of nitrogens with zero attached hydrogens (tertiary/aromatic N) is 1. The number of aliphatic carboxylic acids is 1. The summed E-state index contributed by atoms with van der Waals surface area (Å²) in [7, 11) is 0. The van der Waals surface area contributed by atoms with E-state index >= 15 is 0 Å². The Hall–Kier alpha value is -4.17. The van der Waals surface area contributed by atoms with Crippen LogP contribution in [0.1, 0.15) is 16.9 Å². The van der Waals surface area contributed by atoms with E-state index in [1.807, 2.05) is 36.4 Å². The number of aryl methyl sites for hydroxylation is 1. The van der Waals surface area contributed by atoms with Crippen molar-refractivity contribution in [1.29, 1.82) is 0 Å². The van der Waals surface area contributed by atoms with Crippen LogP contribution in [0.4, 0.5) is 14.9 Å². The molecule has 3 aromatic carbocycles. The Morgan fingerprint density at radius 3 is 2.31 bits per heavy atom. The molecule has 36 heavy (non-hydrogen) atoms. The van der Waals surface area contributed by atoms with E-state index in [2.05, 4.69) is 10.5 Å². The van der Waals surface area contributed by atoms with Gasteiger partial charge in [-0.1, -0.05) is 71.4 Å². The third-order valence-electron chi connectivity index (χ3n) is 5.51. The number of hydrogen-bond donors (Lipinski definition) is 2. The predicted octanol–water partition coefficient (Wildman–Crippen LogP) is 6.53. The SMILES string of the molecule is Cc1onc(-c2ccc(-c3ccc(CC(=O)O)cc3)cc2)c1NC(=O)OCCc1ccc(Cl)cc1F. The minimum atomic E-state index is -0.876. The highest BCUT2D eigenvalue weighted by Gasteiger charge is 2.18. The molecule has 0 bridgehead atoms. The van der Waals surface area contributed by atoms with Crippen LogP contribution in [-0.4, -0.2) is 28.9 Å². The van der Waals surface area contributed by atoms with E-state index in [0.717, 1.165) is 22.3 Å². The molecule has 1 heterocycles. The fourth-order valence-corrected chi connectivity index (χ4v) is 3.80. The van der Waals surface area contributed by atoms with Gasteiger partial charge in [0.1, 0.15) is 17.2 Å². The van der Waals surface area contributed by atoms with Gasteiger partial charge in [0.2, 0.25) is 0 Å². The van der Waals surface area contributed by atoms with Crippen molar-refractivity contribution in [3.63, 3.8) is 0 Å². The maximum Gasteiger partial charge on any atom is 0.411 e. The molecule has 0 unspecified atom stereocenters. The highest BCUT2D eigenvalue weighted by Crippen LogP contribution is 2.32. The summed E-state index contributed by atoms with van der Waals surface area (Å²) in [6, 6.07) is 19.1. The lowest BCUT2D eigenvalue weighted by Crippen LogP contribution is -2.16. The maximum absolute atomic E-state index is 13.9. The maximum atomic E-state index is 13.9. The van der Waals surface area contributed by atoms with Crippen LogP contribution in [0, 0.1) is 12.7 Å². The zero-order valence-electron chi connectivity index (χ0n) is 19.3. The Morgan fingerprint density at radius 2 is 1.67 bits per heavy atom. The summed E-state index contributed by atoms with van der Waals surface area (Å²) in [4.78, 5) is 23.2. The molecule has 9 heteroatoms. The molecule has 0 atom stereocenters. The number of amides is 1. The lowest BCUT2D eigenvalue weighted by molar-refractivity contribution is -0.136. The van der Waals surface area contributed by atoms with E-state index in [9.17, 15) is 14.0 Å². The number of rotatable bonds is 8. The van der Waals surface area contributed by atoms with Crippen molar-refractivity contribution in [2.24, 2.45) is 0 Å². The second-order valence-electron chi connectivity index (χ2n) is 8.05. The number of halogens is 2. The van der Waals surface area contributed by atoms with Crippen molar-refractivity contribution in [2.45, 2.75) is 19.8 Å². The van der Waals surface area contributed by atoms with Crippen molar-refractivity contribution >= 4 is 29.4 Å². The molecule has 0 radical (unpaired) electrons. The highest BCUT2D eigenvalue weighted by molar-refractivity contribution is 6.30. The Labute approximate surface area is 211 Å². The lowest BCUT2D eigenvalue weighted by atomic mass is 10.0. The van der Waals surface area contributed by atoms with Gasteiger partial charge in [-0.2, -0.15) is 0 Å². The van der Waals surface area contributed by atoms with Crippen molar-refractivity contribution < 1.29 is 28.3 Å². The lowest BCUT2D eigenvalue weighted by Gasteiger charge is -2.09. The molecule has 2 N–H and O–H groups in total. The van der Waals surface area contributed by atoms with Crippen LogP contribution < -0.4 is 5.32 Å². The molecule has 1 aromatic heterocycles. The summed E-state index contributed by atoms with van der Waals surface area (Å²) in [5, 5.41) is 15.9. The number of aromatic nitrogens is 1. The number of carboxylic acid groups (broad SMARTS) is 1. The van der Waals surface area contributed by atoms with Gasteiger partial charge in [0.05, 0.1) is 13.0 Å². The molecule has 0 aliphatic rings. The Kier molecular flexibility index (Phi) is 7.65. The van der Waals surface area contributed by atoms with E-state index < -0.39 is 17.9 Å². The highest BCUT2D eigenvalue weighted by atomic mass is 35.5. The number of carbonyl (C=O) groups is 2. The Bertz CT molecular complexity index is 1380. The number of anilines is 1. The molecule has 7 nitrogen and oxygen atoms in total. The largest absolute Gasteiger partial charge is 0.481 e. The first-order valence-corrected chi connectivity index (χ1v) is 11.4. The molecule has 4 rings (SSSR count). The molecular weight excluding hydrogens is 487 g/mol. The van der Waals surface area contributed by atoms with Gasteiger partial charge in [-0.15, -0.1) is 0 Å². The Morgan fingerprint density at radius 1 is 1.03 bits per heavy atom. The molecule has 184 valence electrons. The van der Waals surface area contributed by atoms with Crippen LogP contribution in [-0.2, 0) is 22.4 Å². The van der Waals surface area contributed by atoms with Gasteiger partial charge in [0.15, 0.2) is 5.76 Å². The average Bonchev–Trinajstić information content (AvgIpc) is 3.20. The van der Waals surface area contributed by atoms with Gasteiger partial charge in [-0.3, -0.25) is 10.1 Å². The molecule has 0 aliphatic heterocycles. The second-order valence-corrected chi connectivity index (χ2v) is 8.49. The number of ether oxygens (including phenoxy) is 1. The summed E-state index contributed by atoms with van der Waals surface area (Å²) >= 11 is 5.75. The van der Waals surface area contributed by atoms with Crippen LogP contribution in [0.3, 0.4) is 0 Å². The minimum absolute atomic E-state index is 0.0238. The standard InChI is InChI=1S/C27H22ClFN2O5/c1-16-25(30-27(34)35-13-12-20-10-11-22(28)15-23(20)29)26(31-36-16)21-8-6-19(7-9-21)18-4-2-17(3-5-18)14-24(32)33/h2-11,15H,12-14H2,1H3,(H,30,34)(H,32,33). The fourth-order valence-electron chi connectivity index (χ4n) is 3.64. The zero-order chi connectivity index (χ0) is 25.7. The zero-order valence-corrected chi connectivity index (χ0v) is 20.0. The summed E-state index contributed by atoms with van der Waals surface area (Å²) in [6.07, 6.45) is -0.541. The topological polar surface area (TPSA) is 102 Å². The van der Waals surface area contributed by atoms with Crippen LogP contribution in [0.2, 0.25) is 5.02 Å². The van der Waals surface area contributed by atoms with Gasteiger partial charge in [-0.05, 0) is 41.3 Å². The van der Waals surface area contributed by atoms with E-state index in [1.54, 1.807) is 31.2 Å². The number of carbonyl (C=O) groups excluding carboxylic acids is 1.